The highest BCUT2D eigenvalue weighted by molar-refractivity contribution is 6.19. The van der Waals surface area contributed by atoms with Crippen molar-refractivity contribution in [1.29, 1.82) is 0 Å². The SMILES string of the molecule is COc1ccc(C(=O)NC2(CCl)CCC2)c(OC)c1. The molecule has 0 bridgehead atoms. The van der Waals surface area contributed by atoms with Crippen molar-refractivity contribution in [3.8, 4) is 11.5 Å². The van der Waals surface area contributed by atoms with Gasteiger partial charge in [-0.15, -0.1) is 11.6 Å². The first-order valence-electron chi connectivity index (χ1n) is 6.24. The summed E-state index contributed by atoms with van der Waals surface area (Å²) in [6.07, 6.45) is 2.97. The van der Waals surface area contributed by atoms with Gasteiger partial charge in [-0.05, 0) is 31.4 Å². The molecular weight excluding hydrogens is 266 g/mol. The van der Waals surface area contributed by atoms with Gasteiger partial charge in [-0.1, -0.05) is 0 Å². The van der Waals surface area contributed by atoms with Gasteiger partial charge in [-0.2, -0.15) is 0 Å². The van der Waals surface area contributed by atoms with Crippen LogP contribution in [0.15, 0.2) is 18.2 Å². The van der Waals surface area contributed by atoms with E-state index < -0.39 is 0 Å². The summed E-state index contributed by atoms with van der Waals surface area (Å²) in [5.74, 6) is 1.45. The summed E-state index contributed by atoms with van der Waals surface area (Å²) in [6, 6.07) is 5.14. The van der Waals surface area contributed by atoms with Crippen LogP contribution in [0.2, 0.25) is 0 Å². The van der Waals surface area contributed by atoms with Crippen LogP contribution in [0.1, 0.15) is 29.6 Å². The summed E-state index contributed by atoms with van der Waals surface area (Å²) in [6.45, 7) is 0. The molecule has 0 radical (unpaired) electrons. The highest BCUT2D eigenvalue weighted by Gasteiger charge is 2.38. The van der Waals surface area contributed by atoms with Crippen molar-refractivity contribution in [1.82, 2.24) is 5.32 Å². The zero-order valence-electron chi connectivity index (χ0n) is 11.2. The molecule has 1 amide bonds. The van der Waals surface area contributed by atoms with E-state index in [-0.39, 0.29) is 11.4 Å². The third-order valence-electron chi connectivity index (χ3n) is 3.60. The zero-order chi connectivity index (χ0) is 13.9. The fourth-order valence-corrected chi connectivity index (χ4v) is 2.52. The number of carbonyl (C=O) groups is 1. The Balaban J connectivity index is 2.18. The summed E-state index contributed by atoms with van der Waals surface area (Å²) in [5, 5.41) is 3.02. The van der Waals surface area contributed by atoms with E-state index in [9.17, 15) is 4.79 Å². The highest BCUT2D eigenvalue weighted by atomic mass is 35.5. The Labute approximate surface area is 118 Å². The molecule has 1 aromatic rings. The van der Waals surface area contributed by atoms with Gasteiger partial charge in [0.15, 0.2) is 0 Å². The Morgan fingerprint density at radius 2 is 2.11 bits per heavy atom. The van der Waals surface area contributed by atoms with Gasteiger partial charge < -0.3 is 14.8 Å². The minimum absolute atomic E-state index is 0.153. The van der Waals surface area contributed by atoms with Crippen LogP contribution in [0.5, 0.6) is 11.5 Å². The number of hydrogen-bond acceptors (Lipinski definition) is 3. The Morgan fingerprint density at radius 1 is 1.37 bits per heavy atom. The van der Waals surface area contributed by atoms with E-state index in [4.69, 9.17) is 21.1 Å². The predicted octanol–water partition coefficient (Wildman–Crippen LogP) is 2.60. The number of carbonyl (C=O) groups excluding carboxylic acids is 1. The zero-order valence-corrected chi connectivity index (χ0v) is 11.9. The number of rotatable bonds is 5. The second-order valence-corrected chi connectivity index (χ2v) is 5.06. The van der Waals surface area contributed by atoms with E-state index in [2.05, 4.69) is 5.32 Å². The minimum Gasteiger partial charge on any atom is -0.497 e. The van der Waals surface area contributed by atoms with Crippen LogP contribution in [0.4, 0.5) is 0 Å². The van der Waals surface area contributed by atoms with Crippen molar-refractivity contribution in [3.05, 3.63) is 23.8 Å². The fraction of sp³-hybridized carbons (Fsp3) is 0.500. The predicted molar refractivity (Wildman–Crippen MR) is 74.3 cm³/mol. The number of amides is 1. The molecule has 0 heterocycles. The topological polar surface area (TPSA) is 47.6 Å². The van der Waals surface area contributed by atoms with Gasteiger partial charge >= 0.3 is 0 Å². The lowest BCUT2D eigenvalue weighted by Crippen LogP contribution is -2.55. The molecule has 1 fully saturated rings. The van der Waals surface area contributed by atoms with Crippen LogP contribution in [0.3, 0.4) is 0 Å². The Hall–Kier alpha value is -1.42. The number of benzene rings is 1. The molecule has 0 unspecified atom stereocenters. The van der Waals surface area contributed by atoms with Crippen LogP contribution < -0.4 is 14.8 Å². The summed E-state index contributed by atoms with van der Waals surface area (Å²) < 4.78 is 10.3. The van der Waals surface area contributed by atoms with Gasteiger partial charge in [0.25, 0.3) is 5.91 Å². The minimum atomic E-state index is -0.246. The van der Waals surface area contributed by atoms with E-state index in [0.29, 0.717) is 22.9 Å². The fourth-order valence-electron chi connectivity index (χ4n) is 2.19. The number of alkyl halides is 1. The van der Waals surface area contributed by atoms with Crippen molar-refractivity contribution < 1.29 is 14.3 Å². The van der Waals surface area contributed by atoms with E-state index in [1.807, 2.05) is 0 Å². The van der Waals surface area contributed by atoms with Crippen molar-refractivity contribution in [3.63, 3.8) is 0 Å². The Bertz CT molecular complexity index is 466. The third kappa shape index (κ3) is 2.78. The number of hydrogen-bond donors (Lipinski definition) is 1. The van der Waals surface area contributed by atoms with Crippen molar-refractivity contribution in [2.75, 3.05) is 20.1 Å². The van der Waals surface area contributed by atoms with Crippen LogP contribution in [-0.2, 0) is 0 Å². The van der Waals surface area contributed by atoms with Crippen molar-refractivity contribution >= 4 is 17.5 Å². The summed E-state index contributed by atoms with van der Waals surface area (Å²) >= 11 is 5.95. The van der Waals surface area contributed by atoms with Gasteiger partial charge in [0.1, 0.15) is 11.5 Å². The number of ether oxygens (including phenoxy) is 2. The maximum absolute atomic E-state index is 12.3. The normalized spacial score (nSPS) is 16.4. The Morgan fingerprint density at radius 3 is 2.58 bits per heavy atom. The van der Waals surface area contributed by atoms with Crippen molar-refractivity contribution in [2.45, 2.75) is 24.8 Å². The summed E-state index contributed by atoms with van der Waals surface area (Å²) in [7, 11) is 3.11. The van der Waals surface area contributed by atoms with E-state index in [1.54, 1.807) is 25.3 Å². The molecule has 0 atom stereocenters. The van der Waals surface area contributed by atoms with Crippen LogP contribution in [0.25, 0.3) is 0 Å². The van der Waals surface area contributed by atoms with Crippen molar-refractivity contribution in [2.24, 2.45) is 0 Å². The molecule has 1 N–H and O–H groups in total. The lowest BCUT2D eigenvalue weighted by atomic mass is 9.78. The highest BCUT2D eigenvalue weighted by Crippen LogP contribution is 2.34. The van der Waals surface area contributed by atoms with E-state index in [1.165, 1.54) is 7.11 Å². The average molecular weight is 284 g/mol. The lowest BCUT2D eigenvalue weighted by molar-refractivity contribution is 0.0850. The van der Waals surface area contributed by atoms with Crippen LogP contribution >= 0.6 is 11.6 Å². The maximum Gasteiger partial charge on any atom is 0.255 e. The molecule has 1 saturated carbocycles. The Kier molecular flexibility index (Phi) is 4.20. The summed E-state index contributed by atoms with van der Waals surface area (Å²) in [5.41, 5.74) is 0.253. The number of methoxy groups -OCH3 is 2. The number of halogens is 1. The second kappa shape index (κ2) is 5.70. The summed E-state index contributed by atoms with van der Waals surface area (Å²) in [4.78, 5) is 12.3. The molecule has 1 aromatic carbocycles. The molecule has 0 aliphatic heterocycles. The van der Waals surface area contributed by atoms with Gasteiger partial charge in [0, 0.05) is 11.9 Å². The molecule has 0 saturated heterocycles. The molecule has 4 nitrogen and oxygen atoms in total. The molecule has 1 aliphatic rings. The molecule has 0 aromatic heterocycles. The average Bonchev–Trinajstić information content (AvgIpc) is 2.41. The molecule has 104 valence electrons. The second-order valence-electron chi connectivity index (χ2n) is 4.79. The standard InChI is InChI=1S/C14H18ClNO3/c1-18-10-4-5-11(12(8-10)19-2)13(17)16-14(9-15)6-3-7-14/h4-5,8H,3,6-7,9H2,1-2H3,(H,16,17). The molecular formula is C14H18ClNO3. The molecule has 2 rings (SSSR count). The first-order valence-corrected chi connectivity index (χ1v) is 6.78. The third-order valence-corrected chi connectivity index (χ3v) is 4.11. The van der Waals surface area contributed by atoms with Gasteiger partial charge in [-0.3, -0.25) is 4.79 Å². The van der Waals surface area contributed by atoms with Crippen LogP contribution in [-0.4, -0.2) is 31.5 Å². The molecule has 0 spiro atoms. The molecule has 5 heteroatoms. The van der Waals surface area contributed by atoms with Gasteiger partial charge in [-0.25, -0.2) is 0 Å². The monoisotopic (exact) mass is 283 g/mol. The van der Waals surface area contributed by atoms with Gasteiger partial charge in [0.2, 0.25) is 0 Å². The first kappa shape index (κ1) is 14.0. The lowest BCUT2D eigenvalue weighted by Gasteiger charge is -2.41. The largest absolute Gasteiger partial charge is 0.497 e. The van der Waals surface area contributed by atoms with E-state index >= 15 is 0 Å². The molecule has 1 aliphatic carbocycles. The first-order chi connectivity index (χ1) is 9.14. The maximum atomic E-state index is 12.3. The number of nitrogens with one attached hydrogen (secondary N) is 1. The van der Waals surface area contributed by atoms with E-state index in [0.717, 1.165) is 19.3 Å². The quantitative estimate of drug-likeness (QED) is 0.845. The smallest absolute Gasteiger partial charge is 0.255 e. The van der Waals surface area contributed by atoms with Gasteiger partial charge in [0.05, 0.1) is 25.3 Å². The van der Waals surface area contributed by atoms with Crippen LogP contribution in [0, 0.1) is 0 Å². The molecule has 19 heavy (non-hydrogen) atoms.